The molecule has 26 heavy (non-hydrogen) atoms. The van der Waals surface area contributed by atoms with E-state index >= 15 is 0 Å². The van der Waals surface area contributed by atoms with Crippen LogP contribution < -0.4 is 5.32 Å². The Kier molecular flexibility index (Phi) is 3.62. The maximum Gasteiger partial charge on any atom is 0.239 e. The number of nitrogens with one attached hydrogen (secondary N) is 1. The second-order valence-corrected chi connectivity index (χ2v) is 8.14. The molecule has 2 aliphatic rings. The molecule has 1 saturated carbocycles. The van der Waals surface area contributed by atoms with Crippen molar-refractivity contribution in [3.63, 3.8) is 0 Å². The average Bonchev–Trinajstić information content (AvgIpc) is 3.21. The third-order valence-corrected chi connectivity index (χ3v) is 5.80. The zero-order chi connectivity index (χ0) is 17.7. The van der Waals surface area contributed by atoms with Crippen LogP contribution in [0.15, 0.2) is 47.2 Å². The first-order valence-corrected chi connectivity index (χ1v) is 9.52. The molecule has 1 amide bonds. The van der Waals surface area contributed by atoms with E-state index in [4.69, 9.17) is 0 Å². The van der Waals surface area contributed by atoms with E-state index in [0.717, 1.165) is 23.2 Å². The molecule has 132 valence electrons. The molecule has 0 radical (unpaired) electrons. The van der Waals surface area contributed by atoms with Crippen molar-refractivity contribution in [2.45, 2.75) is 24.8 Å². The van der Waals surface area contributed by atoms with Gasteiger partial charge in [0, 0.05) is 35.4 Å². The van der Waals surface area contributed by atoms with Crippen molar-refractivity contribution in [1.82, 2.24) is 19.5 Å². The van der Waals surface area contributed by atoms with E-state index in [0.29, 0.717) is 12.4 Å². The molecule has 1 aliphatic heterocycles. The number of aromatic nitrogens is 3. The third-order valence-electron chi connectivity index (χ3n) is 5.31. The summed E-state index contributed by atoms with van der Waals surface area (Å²) in [5.41, 5.74) is 3.79. The Hall–Kier alpha value is -2.25. The smallest absolute Gasteiger partial charge is 0.239 e. The van der Waals surface area contributed by atoms with Gasteiger partial charge in [0.1, 0.15) is 0 Å². The molecule has 1 aliphatic carbocycles. The number of nitrogens with zero attached hydrogens (tertiary/aromatic N) is 4. The van der Waals surface area contributed by atoms with Crippen LogP contribution in [-0.4, -0.2) is 38.5 Å². The molecule has 0 saturated heterocycles. The van der Waals surface area contributed by atoms with Gasteiger partial charge in [-0.05, 0) is 48.2 Å². The zero-order valence-corrected chi connectivity index (χ0v) is 15.7. The molecule has 1 N–H and O–H groups in total. The molecule has 1 fully saturated rings. The number of benzene rings is 1. The number of carbonyl (C=O) groups excluding carboxylic acids is 1. The van der Waals surface area contributed by atoms with E-state index in [-0.39, 0.29) is 11.3 Å². The summed E-state index contributed by atoms with van der Waals surface area (Å²) in [6.07, 6.45) is 5.86. The van der Waals surface area contributed by atoms with Gasteiger partial charge < -0.3 is 5.32 Å². The van der Waals surface area contributed by atoms with E-state index in [1.807, 2.05) is 6.07 Å². The minimum atomic E-state index is -0.0340. The van der Waals surface area contributed by atoms with Gasteiger partial charge in [-0.1, -0.05) is 22.0 Å². The first-order valence-electron chi connectivity index (χ1n) is 8.73. The van der Waals surface area contributed by atoms with Crippen molar-refractivity contribution in [2.75, 3.05) is 18.4 Å². The van der Waals surface area contributed by atoms with Crippen molar-refractivity contribution < 1.29 is 4.79 Å². The summed E-state index contributed by atoms with van der Waals surface area (Å²) in [7, 11) is 0. The summed E-state index contributed by atoms with van der Waals surface area (Å²) in [5, 5.41) is 7.26. The average molecular weight is 412 g/mol. The molecule has 0 unspecified atom stereocenters. The predicted molar refractivity (Wildman–Crippen MR) is 102 cm³/mol. The second kappa shape index (κ2) is 5.89. The fourth-order valence-electron chi connectivity index (χ4n) is 3.95. The van der Waals surface area contributed by atoms with E-state index in [1.165, 1.54) is 24.0 Å². The Labute approximate surface area is 159 Å². The molecule has 3 heterocycles. The van der Waals surface area contributed by atoms with E-state index < -0.39 is 0 Å². The summed E-state index contributed by atoms with van der Waals surface area (Å²) in [6, 6.07) is 10.1. The molecule has 1 aromatic carbocycles. The number of rotatable bonds is 3. The Morgan fingerprint density at radius 2 is 2.15 bits per heavy atom. The Balaban J connectivity index is 1.30. The predicted octanol–water partition coefficient (Wildman–Crippen LogP) is 2.98. The molecule has 1 spiro atoms. The second-order valence-electron chi connectivity index (χ2n) is 7.22. The highest BCUT2D eigenvalue weighted by Crippen LogP contribution is 2.52. The highest BCUT2D eigenvalue weighted by molar-refractivity contribution is 9.10. The number of carbonyl (C=O) groups is 1. The molecule has 2 aromatic heterocycles. The number of hydrogen-bond acceptors (Lipinski definition) is 4. The Morgan fingerprint density at radius 1 is 1.27 bits per heavy atom. The summed E-state index contributed by atoms with van der Waals surface area (Å²) >= 11 is 3.59. The lowest BCUT2D eigenvalue weighted by atomic mass is 9.87. The fraction of sp³-hybridized carbons (Fsp3) is 0.316. The van der Waals surface area contributed by atoms with Gasteiger partial charge in [0.2, 0.25) is 5.91 Å². The van der Waals surface area contributed by atoms with Gasteiger partial charge >= 0.3 is 0 Å². The van der Waals surface area contributed by atoms with Gasteiger partial charge in [-0.15, -0.1) is 5.10 Å². The number of fused-ring (bicyclic) bond motifs is 3. The van der Waals surface area contributed by atoms with Crippen LogP contribution >= 0.6 is 15.9 Å². The molecule has 3 aromatic rings. The Bertz CT molecular complexity index is 1010. The lowest BCUT2D eigenvalue weighted by Crippen LogP contribution is -2.42. The SMILES string of the molecule is O=C(CN1Cc2ccc(Br)cc2C2(CC2)C1)Nc1ccc2nccn2n1. The summed E-state index contributed by atoms with van der Waals surface area (Å²) in [5.74, 6) is 0.510. The maximum atomic E-state index is 12.5. The van der Waals surface area contributed by atoms with E-state index in [2.05, 4.69) is 54.4 Å². The van der Waals surface area contributed by atoms with Crippen molar-refractivity contribution in [3.8, 4) is 0 Å². The van der Waals surface area contributed by atoms with Gasteiger partial charge in [-0.3, -0.25) is 9.69 Å². The van der Waals surface area contributed by atoms with E-state index in [1.54, 1.807) is 23.0 Å². The molecule has 5 rings (SSSR count). The van der Waals surface area contributed by atoms with Gasteiger partial charge in [0.25, 0.3) is 0 Å². The highest BCUT2D eigenvalue weighted by Gasteiger charge is 2.49. The Morgan fingerprint density at radius 3 is 3.00 bits per heavy atom. The van der Waals surface area contributed by atoms with Crippen LogP contribution in [0.25, 0.3) is 5.65 Å². The van der Waals surface area contributed by atoms with Crippen molar-refractivity contribution >= 4 is 33.3 Å². The number of anilines is 1. The van der Waals surface area contributed by atoms with Crippen molar-refractivity contribution in [2.24, 2.45) is 0 Å². The molecular formula is C19H18BrN5O. The van der Waals surface area contributed by atoms with E-state index in [9.17, 15) is 4.79 Å². The molecule has 0 atom stereocenters. The first kappa shape index (κ1) is 16.0. The zero-order valence-electron chi connectivity index (χ0n) is 14.2. The minimum Gasteiger partial charge on any atom is -0.308 e. The van der Waals surface area contributed by atoms with Crippen LogP contribution in [0, 0.1) is 0 Å². The number of imidazole rings is 1. The van der Waals surface area contributed by atoms with Crippen molar-refractivity contribution in [3.05, 3.63) is 58.3 Å². The van der Waals surface area contributed by atoms with Crippen LogP contribution in [0.1, 0.15) is 24.0 Å². The molecule has 0 bridgehead atoms. The van der Waals surface area contributed by atoms with Gasteiger partial charge in [0.05, 0.1) is 6.54 Å². The van der Waals surface area contributed by atoms with Crippen LogP contribution in [0.5, 0.6) is 0 Å². The van der Waals surface area contributed by atoms with Crippen LogP contribution in [-0.2, 0) is 16.8 Å². The molecular weight excluding hydrogens is 394 g/mol. The lowest BCUT2D eigenvalue weighted by Gasteiger charge is -2.34. The van der Waals surface area contributed by atoms with Gasteiger partial charge in [0.15, 0.2) is 11.5 Å². The fourth-order valence-corrected chi connectivity index (χ4v) is 4.31. The lowest BCUT2D eigenvalue weighted by molar-refractivity contribution is -0.117. The number of halogens is 1. The monoisotopic (exact) mass is 411 g/mol. The van der Waals surface area contributed by atoms with Crippen molar-refractivity contribution in [1.29, 1.82) is 0 Å². The van der Waals surface area contributed by atoms with Crippen LogP contribution in [0.3, 0.4) is 0 Å². The maximum absolute atomic E-state index is 12.5. The largest absolute Gasteiger partial charge is 0.308 e. The first-order chi connectivity index (χ1) is 12.6. The van der Waals surface area contributed by atoms with Gasteiger partial charge in [-0.25, -0.2) is 9.50 Å². The number of hydrogen-bond donors (Lipinski definition) is 1. The molecule has 6 nitrogen and oxygen atoms in total. The topological polar surface area (TPSA) is 62.5 Å². The summed E-state index contributed by atoms with van der Waals surface area (Å²) in [6.45, 7) is 2.13. The standard InChI is InChI=1S/C19H18BrN5O/c20-14-2-1-13-10-24(12-19(5-6-19)15(13)9-14)11-18(26)22-16-3-4-17-21-7-8-25(17)23-16/h1-4,7-9H,5-6,10-12H2,(H,22,23,26). The third kappa shape index (κ3) is 2.81. The highest BCUT2D eigenvalue weighted by atomic mass is 79.9. The minimum absolute atomic E-state index is 0.0340. The van der Waals surface area contributed by atoms with Crippen LogP contribution in [0.2, 0.25) is 0 Å². The van der Waals surface area contributed by atoms with Crippen LogP contribution in [0.4, 0.5) is 5.82 Å². The summed E-state index contributed by atoms with van der Waals surface area (Å²) in [4.78, 5) is 18.9. The number of amides is 1. The van der Waals surface area contributed by atoms with Gasteiger partial charge in [-0.2, -0.15) is 0 Å². The quantitative estimate of drug-likeness (QED) is 0.719. The summed E-state index contributed by atoms with van der Waals surface area (Å²) < 4.78 is 2.79. The molecule has 7 heteroatoms. The normalized spacial score (nSPS) is 18.0.